The molecule has 3 aromatic rings. The Balaban J connectivity index is 1.51. The Kier molecular flexibility index (Phi) is 4.09. The van der Waals surface area contributed by atoms with Gasteiger partial charge in [0.1, 0.15) is 5.69 Å². The molecule has 0 radical (unpaired) electrons. The minimum atomic E-state index is 0.0486. The van der Waals surface area contributed by atoms with Crippen LogP contribution in [0.3, 0.4) is 0 Å². The van der Waals surface area contributed by atoms with Crippen molar-refractivity contribution in [3.05, 3.63) is 60.0 Å². The maximum absolute atomic E-state index is 12.7. The van der Waals surface area contributed by atoms with Gasteiger partial charge in [0.05, 0.1) is 5.69 Å². The Morgan fingerprint density at radius 3 is 2.84 bits per heavy atom. The molecule has 0 bridgehead atoms. The number of aromatic nitrogens is 4. The van der Waals surface area contributed by atoms with E-state index in [1.807, 2.05) is 23.1 Å². The standard InChI is InChI=1S/C19H21N5O/c1-23-18(9-10-20-23)19(25)24-11-5-8-15(13-24)17-12-16(21-22-17)14-6-3-2-4-7-14/h2-4,6-7,9-10,12,15H,5,8,11,13H2,1H3,(H,21,22). The van der Waals surface area contributed by atoms with Gasteiger partial charge < -0.3 is 4.90 Å². The molecule has 1 N–H and O–H groups in total. The summed E-state index contributed by atoms with van der Waals surface area (Å²) in [4.78, 5) is 14.6. The van der Waals surface area contributed by atoms with Gasteiger partial charge in [0.2, 0.25) is 0 Å². The van der Waals surface area contributed by atoms with E-state index in [1.165, 1.54) is 0 Å². The first-order valence-electron chi connectivity index (χ1n) is 8.60. The van der Waals surface area contributed by atoms with E-state index >= 15 is 0 Å². The Hall–Kier alpha value is -2.89. The van der Waals surface area contributed by atoms with Crippen LogP contribution in [-0.2, 0) is 7.05 Å². The zero-order valence-electron chi connectivity index (χ0n) is 14.2. The van der Waals surface area contributed by atoms with Gasteiger partial charge in [-0.3, -0.25) is 14.6 Å². The number of nitrogens with zero attached hydrogens (tertiary/aromatic N) is 4. The molecule has 1 fully saturated rings. The van der Waals surface area contributed by atoms with Crippen LogP contribution in [0.15, 0.2) is 48.7 Å². The number of hydrogen-bond donors (Lipinski definition) is 1. The van der Waals surface area contributed by atoms with Crippen molar-refractivity contribution in [3.8, 4) is 11.3 Å². The van der Waals surface area contributed by atoms with Crippen molar-refractivity contribution >= 4 is 5.91 Å². The van der Waals surface area contributed by atoms with E-state index in [1.54, 1.807) is 24.0 Å². The van der Waals surface area contributed by atoms with Gasteiger partial charge in [0.15, 0.2) is 0 Å². The summed E-state index contributed by atoms with van der Waals surface area (Å²) in [5.74, 6) is 0.336. The number of rotatable bonds is 3. The third-order valence-corrected chi connectivity index (χ3v) is 4.86. The van der Waals surface area contributed by atoms with Gasteiger partial charge in [0, 0.05) is 43.5 Å². The van der Waals surface area contributed by atoms with Crippen molar-refractivity contribution in [1.29, 1.82) is 0 Å². The lowest BCUT2D eigenvalue weighted by Gasteiger charge is -2.32. The molecule has 1 unspecified atom stereocenters. The van der Waals surface area contributed by atoms with Crippen LogP contribution in [0.1, 0.15) is 34.9 Å². The van der Waals surface area contributed by atoms with Crippen molar-refractivity contribution in [2.45, 2.75) is 18.8 Å². The summed E-state index contributed by atoms with van der Waals surface area (Å²) in [6.07, 6.45) is 3.72. The minimum Gasteiger partial charge on any atom is -0.337 e. The first-order valence-corrected chi connectivity index (χ1v) is 8.60. The molecule has 25 heavy (non-hydrogen) atoms. The minimum absolute atomic E-state index is 0.0486. The van der Waals surface area contributed by atoms with Crippen molar-refractivity contribution in [2.75, 3.05) is 13.1 Å². The van der Waals surface area contributed by atoms with E-state index in [4.69, 9.17) is 0 Å². The van der Waals surface area contributed by atoms with Crippen molar-refractivity contribution in [3.63, 3.8) is 0 Å². The largest absolute Gasteiger partial charge is 0.337 e. The predicted molar refractivity (Wildman–Crippen MR) is 95.1 cm³/mol. The van der Waals surface area contributed by atoms with Crippen LogP contribution in [0, 0.1) is 0 Å². The number of nitrogens with one attached hydrogen (secondary N) is 1. The Labute approximate surface area is 146 Å². The number of likely N-dealkylation sites (tertiary alicyclic amines) is 1. The number of hydrogen-bond acceptors (Lipinski definition) is 3. The normalized spacial score (nSPS) is 17.6. The number of amides is 1. The van der Waals surface area contributed by atoms with Crippen molar-refractivity contribution in [1.82, 2.24) is 24.9 Å². The van der Waals surface area contributed by atoms with Crippen molar-refractivity contribution in [2.24, 2.45) is 7.05 Å². The SMILES string of the molecule is Cn1nccc1C(=O)N1CCCC(c2cc(-c3ccccc3)n[nH]2)C1. The summed E-state index contributed by atoms with van der Waals surface area (Å²) in [6, 6.07) is 14.0. The summed E-state index contributed by atoms with van der Waals surface area (Å²) in [5, 5.41) is 11.7. The molecule has 1 aliphatic rings. The predicted octanol–water partition coefficient (Wildman–Crippen LogP) is 2.83. The van der Waals surface area contributed by atoms with Gasteiger partial charge in [-0.1, -0.05) is 30.3 Å². The Morgan fingerprint density at radius 1 is 1.24 bits per heavy atom. The van der Waals surface area contributed by atoms with Crippen LogP contribution in [0.4, 0.5) is 0 Å². The summed E-state index contributed by atoms with van der Waals surface area (Å²) < 4.78 is 1.63. The molecule has 6 heteroatoms. The first-order chi connectivity index (χ1) is 12.2. The molecule has 3 heterocycles. The second kappa shape index (κ2) is 6.55. The molecule has 4 rings (SSSR count). The van der Waals surface area contributed by atoms with Gasteiger partial charge in [-0.25, -0.2) is 0 Å². The van der Waals surface area contributed by atoms with Gasteiger partial charge in [-0.2, -0.15) is 10.2 Å². The number of carbonyl (C=O) groups is 1. The van der Waals surface area contributed by atoms with Gasteiger partial charge in [-0.05, 0) is 25.0 Å². The quantitative estimate of drug-likeness (QED) is 0.800. The van der Waals surface area contributed by atoms with E-state index in [9.17, 15) is 4.79 Å². The van der Waals surface area contributed by atoms with E-state index in [-0.39, 0.29) is 11.8 Å². The average Bonchev–Trinajstić information content (AvgIpc) is 3.31. The lowest BCUT2D eigenvalue weighted by molar-refractivity contribution is 0.0694. The molecule has 0 aliphatic carbocycles. The highest BCUT2D eigenvalue weighted by Gasteiger charge is 2.27. The van der Waals surface area contributed by atoms with Crippen LogP contribution in [0.25, 0.3) is 11.3 Å². The molecule has 0 spiro atoms. The maximum atomic E-state index is 12.7. The van der Waals surface area contributed by atoms with Gasteiger partial charge in [0.25, 0.3) is 5.91 Å². The highest BCUT2D eigenvalue weighted by molar-refractivity contribution is 5.92. The number of carbonyl (C=O) groups excluding carboxylic acids is 1. The van der Waals surface area contributed by atoms with E-state index in [0.717, 1.165) is 36.3 Å². The zero-order valence-corrected chi connectivity index (χ0v) is 14.2. The number of aryl methyl sites for hydroxylation is 1. The van der Waals surface area contributed by atoms with Crippen LogP contribution in [0.2, 0.25) is 0 Å². The van der Waals surface area contributed by atoms with Crippen LogP contribution >= 0.6 is 0 Å². The summed E-state index contributed by atoms with van der Waals surface area (Å²) in [6.45, 7) is 1.50. The van der Waals surface area contributed by atoms with E-state index < -0.39 is 0 Å². The highest BCUT2D eigenvalue weighted by Crippen LogP contribution is 2.29. The molecule has 0 saturated carbocycles. The van der Waals surface area contributed by atoms with Gasteiger partial charge >= 0.3 is 0 Å². The first kappa shape index (κ1) is 15.6. The molecule has 128 valence electrons. The van der Waals surface area contributed by atoms with Crippen LogP contribution in [0.5, 0.6) is 0 Å². The Bertz CT molecular complexity index is 867. The number of benzene rings is 1. The molecule has 1 atom stereocenters. The van der Waals surface area contributed by atoms with Crippen LogP contribution < -0.4 is 0 Å². The lowest BCUT2D eigenvalue weighted by atomic mass is 9.94. The number of aromatic amines is 1. The highest BCUT2D eigenvalue weighted by atomic mass is 16.2. The number of piperidine rings is 1. The number of H-pyrrole nitrogens is 1. The smallest absolute Gasteiger partial charge is 0.272 e. The van der Waals surface area contributed by atoms with Crippen molar-refractivity contribution < 1.29 is 4.79 Å². The summed E-state index contributed by atoms with van der Waals surface area (Å²) >= 11 is 0. The third kappa shape index (κ3) is 3.07. The monoisotopic (exact) mass is 335 g/mol. The molecule has 1 aromatic carbocycles. The van der Waals surface area contributed by atoms with Crippen LogP contribution in [-0.4, -0.2) is 43.9 Å². The molecular weight excluding hydrogens is 314 g/mol. The second-order valence-electron chi connectivity index (χ2n) is 6.50. The molecule has 1 saturated heterocycles. The van der Waals surface area contributed by atoms with E-state index in [0.29, 0.717) is 12.2 Å². The molecular formula is C19H21N5O. The third-order valence-electron chi connectivity index (χ3n) is 4.86. The van der Waals surface area contributed by atoms with Gasteiger partial charge in [-0.15, -0.1) is 0 Å². The fourth-order valence-electron chi connectivity index (χ4n) is 3.46. The fraction of sp³-hybridized carbons (Fsp3) is 0.316. The fourth-order valence-corrected chi connectivity index (χ4v) is 3.46. The zero-order chi connectivity index (χ0) is 17.2. The summed E-state index contributed by atoms with van der Waals surface area (Å²) in [7, 11) is 1.80. The Morgan fingerprint density at radius 2 is 2.08 bits per heavy atom. The molecule has 1 aliphatic heterocycles. The summed E-state index contributed by atoms with van der Waals surface area (Å²) in [5.41, 5.74) is 3.78. The molecule has 1 amide bonds. The maximum Gasteiger partial charge on any atom is 0.272 e. The second-order valence-corrected chi connectivity index (χ2v) is 6.50. The molecule has 2 aromatic heterocycles. The molecule has 6 nitrogen and oxygen atoms in total. The lowest BCUT2D eigenvalue weighted by Crippen LogP contribution is -2.40. The topological polar surface area (TPSA) is 66.8 Å². The van der Waals surface area contributed by atoms with E-state index in [2.05, 4.69) is 33.5 Å². The average molecular weight is 335 g/mol.